The number of methoxy groups -OCH3 is 1. The number of hydrogen-bond acceptors (Lipinski definition) is 5. The largest absolute Gasteiger partial charge is 0.495 e. The van der Waals surface area contributed by atoms with Crippen molar-refractivity contribution in [3.05, 3.63) is 89.5 Å². The molecule has 0 radical (unpaired) electrons. The van der Waals surface area contributed by atoms with E-state index >= 15 is 0 Å². The van der Waals surface area contributed by atoms with Gasteiger partial charge in [0.15, 0.2) is 6.61 Å². The van der Waals surface area contributed by atoms with Crippen LogP contribution in [0.2, 0.25) is 0 Å². The molecule has 7 heteroatoms. The number of carbonyl (C=O) groups excluding carboxylic acids is 2. The summed E-state index contributed by atoms with van der Waals surface area (Å²) < 4.78 is 5.23. The van der Waals surface area contributed by atoms with Crippen molar-refractivity contribution in [1.82, 2.24) is 0 Å². The minimum absolute atomic E-state index is 0.224. The summed E-state index contributed by atoms with van der Waals surface area (Å²) in [6.45, 7) is 1.74. The Kier molecular flexibility index (Phi) is 7.37. The standard InChI is InChI=1S/C24H23N3O4/c1-17-7-3-4-8-19(17)15-25-31-16-23(28)26-20-13-11-18(12-14-20)24(29)27-21-9-5-6-10-22(21)30-2/h3-15H,16H2,1-2H3,(H,26,28)(H,27,29). The molecule has 0 saturated carbocycles. The number of benzene rings is 3. The molecule has 7 nitrogen and oxygen atoms in total. The Bertz CT molecular complexity index is 1080. The summed E-state index contributed by atoms with van der Waals surface area (Å²) in [4.78, 5) is 29.5. The molecule has 0 bridgehead atoms. The van der Waals surface area contributed by atoms with Gasteiger partial charge < -0.3 is 20.2 Å². The van der Waals surface area contributed by atoms with Gasteiger partial charge in [0.2, 0.25) is 0 Å². The Hall–Kier alpha value is -4.13. The summed E-state index contributed by atoms with van der Waals surface area (Å²) in [5, 5.41) is 9.33. The third-order valence-corrected chi connectivity index (χ3v) is 4.44. The molecule has 0 spiro atoms. The molecular weight excluding hydrogens is 394 g/mol. The Morgan fingerprint density at radius 2 is 1.65 bits per heavy atom. The predicted octanol–water partition coefficient (Wildman–Crippen LogP) is 4.25. The summed E-state index contributed by atoms with van der Waals surface area (Å²) in [6, 6.07) is 21.4. The molecule has 31 heavy (non-hydrogen) atoms. The van der Waals surface area contributed by atoms with Crippen LogP contribution in [0.5, 0.6) is 5.75 Å². The summed E-state index contributed by atoms with van der Waals surface area (Å²) in [7, 11) is 1.54. The number of anilines is 2. The van der Waals surface area contributed by atoms with Crippen LogP contribution in [0, 0.1) is 6.92 Å². The van der Waals surface area contributed by atoms with Gasteiger partial charge in [-0.15, -0.1) is 0 Å². The highest BCUT2D eigenvalue weighted by molar-refractivity contribution is 6.05. The lowest BCUT2D eigenvalue weighted by Crippen LogP contribution is -2.17. The first kappa shape index (κ1) is 21.6. The van der Waals surface area contributed by atoms with Crippen molar-refractivity contribution >= 4 is 29.4 Å². The van der Waals surface area contributed by atoms with Crippen molar-refractivity contribution in [2.24, 2.45) is 5.16 Å². The summed E-state index contributed by atoms with van der Waals surface area (Å²) in [6.07, 6.45) is 1.57. The van der Waals surface area contributed by atoms with E-state index in [0.29, 0.717) is 22.7 Å². The highest BCUT2D eigenvalue weighted by Crippen LogP contribution is 2.23. The molecular formula is C24H23N3O4. The van der Waals surface area contributed by atoms with Gasteiger partial charge in [-0.25, -0.2) is 0 Å². The summed E-state index contributed by atoms with van der Waals surface area (Å²) >= 11 is 0. The molecule has 0 aliphatic rings. The monoisotopic (exact) mass is 417 g/mol. The van der Waals surface area contributed by atoms with Gasteiger partial charge in [-0.3, -0.25) is 9.59 Å². The van der Waals surface area contributed by atoms with Crippen LogP contribution < -0.4 is 15.4 Å². The van der Waals surface area contributed by atoms with E-state index in [0.717, 1.165) is 11.1 Å². The number of carbonyl (C=O) groups is 2. The molecule has 2 amide bonds. The van der Waals surface area contributed by atoms with E-state index in [9.17, 15) is 9.59 Å². The van der Waals surface area contributed by atoms with Gasteiger partial charge in [-0.1, -0.05) is 41.6 Å². The van der Waals surface area contributed by atoms with Crippen LogP contribution in [0.1, 0.15) is 21.5 Å². The molecule has 0 aliphatic heterocycles. The van der Waals surface area contributed by atoms with Gasteiger partial charge in [0.05, 0.1) is 19.0 Å². The molecule has 0 atom stereocenters. The maximum absolute atomic E-state index is 12.4. The van der Waals surface area contributed by atoms with Gasteiger partial charge in [-0.05, 0) is 54.4 Å². The highest BCUT2D eigenvalue weighted by atomic mass is 16.6. The van der Waals surface area contributed by atoms with Gasteiger partial charge in [0, 0.05) is 11.3 Å². The maximum atomic E-state index is 12.4. The fraction of sp³-hybridized carbons (Fsp3) is 0.125. The molecule has 0 saturated heterocycles. The third kappa shape index (κ3) is 6.17. The van der Waals surface area contributed by atoms with Crippen molar-refractivity contribution < 1.29 is 19.2 Å². The number of hydrogen-bond donors (Lipinski definition) is 2. The number of ether oxygens (including phenoxy) is 1. The fourth-order valence-electron chi connectivity index (χ4n) is 2.77. The second kappa shape index (κ2) is 10.6. The molecule has 3 aromatic rings. The van der Waals surface area contributed by atoms with Gasteiger partial charge >= 0.3 is 0 Å². The number of aryl methyl sites for hydroxylation is 1. The summed E-state index contributed by atoms with van der Waals surface area (Å²) in [5.74, 6) is -0.0609. The first-order valence-corrected chi connectivity index (χ1v) is 9.62. The van der Waals surface area contributed by atoms with E-state index < -0.39 is 0 Å². The minimum atomic E-state index is -0.354. The lowest BCUT2D eigenvalue weighted by Gasteiger charge is -2.10. The number of nitrogens with zero attached hydrogens (tertiary/aromatic N) is 1. The topological polar surface area (TPSA) is 89.0 Å². The van der Waals surface area contributed by atoms with E-state index in [1.54, 1.807) is 49.7 Å². The van der Waals surface area contributed by atoms with Crippen molar-refractivity contribution in [2.75, 3.05) is 24.4 Å². The van der Waals surface area contributed by atoms with E-state index in [-0.39, 0.29) is 18.4 Å². The molecule has 0 heterocycles. The van der Waals surface area contributed by atoms with Crippen molar-refractivity contribution in [3.63, 3.8) is 0 Å². The SMILES string of the molecule is COc1ccccc1NC(=O)c1ccc(NC(=O)CON=Cc2ccccc2C)cc1. The minimum Gasteiger partial charge on any atom is -0.495 e. The van der Waals surface area contributed by atoms with E-state index in [2.05, 4.69) is 15.8 Å². The Morgan fingerprint density at radius 3 is 2.39 bits per heavy atom. The second-order valence-electron chi connectivity index (χ2n) is 6.64. The van der Waals surface area contributed by atoms with Gasteiger partial charge in [0.1, 0.15) is 5.75 Å². The molecule has 3 aromatic carbocycles. The Morgan fingerprint density at radius 1 is 0.935 bits per heavy atom. The Balaban J connectivity index is 1.50. The average Bonchev–Trinajstić information content (AvgIpc) is 2.78. The zero-order valence-electron chi connectivity index (χ0n) is 17.3. The van der Waals surface area contributed by atoms with Gasteiger partial charge in [-0.2, -0.15) is 0 Å². The lowest BCUT2D eigenvalue weighted by atomic mass is 10.1. The van der Waals surface area contributed by atoms with Crippen LogP contribution in [0.15, 0.2) is 78.0 Å². The lowest BCUT2D eigenvalue weighted by molar-refractivity contribution is -0.120. The molecule has 0 fully saturated rings. The first-order valence-electron chi connectivity index (χ1n) is 9.62. The van der Waals surface area contributed by atoms with E-state index in [1.165, 1.54) is 0 Å². The summed E-state index contributed by atoms with van der Waals surface area (Å²) in [5.41, 5.74) is 3.56. The number of rotatable bonds is 8. The number of para-hydroxylation sites is 2. The number of nitrogens with one attached hydrogen (secondary N) is 2. The zero-order valence-corrected chi connectivity index (χ0v) is 17.3. The molecule has 0 aliphatic carbocycles. The van der Waals surface area contributed by atoms with Crippen LogP contribution in [0.3, 0.4) is 0 Å². The van der Waals surface area contributed by atoms with Crippen LogP contribution in [0.4, 0.5) is 11.4 Å². The van der Waals surface area contributed by atoms with Crippen molar-refractivity contribution in [2.45, 2.75) is 6.92 Å². The van der Waals surface area contributed by atoms with E-state index in [1.807, 2.05) is 43.3 Å². The smallest absolute Gasteiger partial charge is 0.265 e. The maximum Gasteiger partial charge on any atom is 0.265 e. The van der Waals surface area contributed by atoms with Crippen LogP contribution in [-0.4, -0.2) is 31.7 Å². The molecule has 158 valence electrons. The molecule has 0 aromatic heterocycles. The van der Waals surface area contributed by atoms with E-state index in [4.69, 9.17) is 9.57 Å². The van der Waals surface area contributed by atoms with Crippen molar-refractivity contribution in [3.8, 4) is 5.75 Å². The highest BCUT2D eigenvalue weighted by Gasteiger charge is 2.10. The molecule has 3 rings (SSSR count). The van der Waals surface area contributed by atoms with Crippen LogP contribution in [0.25, 0.3) is 0 Å². The predicted molar refractivity (Wildman–Crippen MR) is 121 cm³/mol. The second-order valence-corrected chi connectivity index (χ2v) is 6.64. The Labute approximate surface area is 180 Å². The quantitative estimate of drug-likeness (QED) is 0.424. The van der Waals surface area contributed by atoms with Crippen LogP contribution >= 0.6 is 0 Å². The van der Waals surface area contributed by atoms with Crippen molar-refractivity contribution in [1.29, 1.82) is 0 Å². The number of oxime groups is 1. The zero-order chi connectivity index (χ0) is 22.1. The third-order valence-electron chi connectivity index (χ3n) is 4.44. The number of amides is 2. The molecule has 0 unspecified atom stereocenters. The van der Waals surface area contributed by atoms with Crippen LogP contribution in [-0.2, 0) is 9.63 Å². The normalized spacial score (nSPS) is 10.5. The first-order chi connectivity index (χ1) is 15.1. The fourth-order valence-corrected chi connectivity index (χ4v) is 2.77. The van der Waals surface area contributed by atoms with Gasteiger partial charge in [0.25, 0.3) is 11.8 Å². The average molecular weight is 417 g/mol. The molecule has 2 N–H and O–H groups in total.